The third-order valence-electron chi connectivity index (χ3n) is 4.10. The maximum absolute atomic E-state index is 12.7. The SMILES string of the molecule is CCN(CC)S(=O)(=O)c1cccc(C(=O)N(C)Cc2ccc(Cl)cc2)c1. The number of carbonyl (C=O) groups excluding carboxylic acids is 1. The van der Waals surface area contributed by atoms with Crippen LogP contribution in [0.1, 0.15) is 29.8 Å². The van der Waals surface area contributed by atoms with Crippen LogP contribution in [-0.4, -0.2) is 43.7 Å². The summed E-state index contributed by atoms with van der Waals surface area (Å²) in [4.78, 5) is 14.4. The molecular formula is C19H23ClN2O3S. The number of halogens is 1. The van der Waals surface area contributed by atoms with Gasteiger partial charge in [-0.2, -0.15) is 4.31 Å². The zero-order valence-electron chi connectivity index (χ0n) is 15.1. The van der Waals surface area contributed by atoms with E-state index in [1.807, 2.05) is 12.1 Å². The molecule has 0 N–H and O–H groups in total. The molecule has 0 aliphatic heterocycles. The van der Waals surface area contributed by atoms with Crippen molar-refractivity contribution >= 4 is 27.5 Å². The van der Waals surface area contributed by atoms with Gasteiger partial charge < -0.3 is 4.90 Å². The summed E-state index contributed by atoms with van der Waals surface area (Å²) in [6.45, 7) is 4.75. The van der Waals surface area contributed by atoms with Crippen LogP contribution in [0, 0.1) is 0 Å². The van der Waals surface area contributed by atoms with Crippen molar-refractivity contribution < 1.29 is 13.2 Å². The second kappa shape index (κ2) is 8.66. The lowest BCUT2D eigenvalue weighted by Gasteiger charge is -2.20. The highest BCUT2D eigenvalue weighted by atomic mass is 35.5. The monoisotopic (exact) mass is 394 g/mol. The van der Waals surface area contributed by atoms with Crippen LogP contribution in [0.15, 0.2) is 53.4 Å². The van der Waals surface area contributed by atoms with Crippen LogP contribution in [0.25, 0.3) is 0 Å². The van der Waals surface area contributed by atoms with Gasteiger partial charge in [0.05, 0.1) is 4.90 Å². The van der Waals surface area contributed by atoms with Crippen LogP contribution in [0.2, 0.25) is 5.02 Å². The Kier molecular flexibility index (Phi) is 6.81. The summed E-state index contributed by atoms with van der Waals surface area (Å²) in [6.07, 6.45) is 0. The van der Waals surface area contributed by atoms with Gasteiger partial charge in [0.1, 0.15) is 0 Å². The number of nitrogens with zero attached hydrogens (tertiary/aromatic N) is 2. The number of sulfonamides is 1. The van der Waals surface area contributed by atoms with Crippen LogP contribution >= 0.6 is 11.6 Å². The molecule has 0 aliphatic carbocycles. The van der Waals surface area contributed by atoms with Gasteiger partial charge in [-0.1, -0.05) is 43.6 Å². The molecule has 1 amide bonds. The first-order chi connectivity index (χ1) is 12.3. The first-order valence-corrected chi connectivity index (χ1v) is 10.2. The molecule has 2 aromatic carbocycles. The highest BCUT2D eigenvalue weighted by Gasteiger charge is 2.23. The van der Waals surface area contributed by atoms with Crippen LogP contribution < -0.4 is 0 Å². The lowest BCUT2D eigenvalue weighted by atomic mass is 10.1. The van der Waals surface area contributed by atoms with Gasteiger partial charge in [-0.3, -0.25) is 4.79 Å². The first kappa shape index (κ1) is 20.4. The van der Waals surface area contributed by atoms with Crippen molar-refractivity contribution in [3.63, 3.8) is 0 Å². The van der Waals surface area contributed by atoms with E-state index in [1.165, 1.54) is 16.4 Å². The molecule has 0 fully saturated rings. The maximum atomic E-state index is 12.7. The van der Waals surface area contributed by atoms with E-state index in [4.69, 9.17) is 11.6 Å². The highest BCUT2D eigenvalue weighted by Crippen LogP contribution is 2.18. The summed E-state index contributed by atoms with van der Waals surface area (Å²) in [5.74, 6) is -0.239. The molecule has 2 rings (SSSR count). The summed E-state index contributed by atoms with van der Waals surface area (Å²) in [5, 5.41) is 0.636. The minimum atomic E-state index is -3.60. The Morgan fingerprint density at radius 3 is 2.23 bits per heavy atom. The largest absolute Gasteiger partial charge is 0.337 e. The molecule has 0 spiro atoms. The number of carbonyl (C=O) groups is 1. The zero-order chi connectivity index (χ0) is 19.3. The highest BCUT2D eigenvalue weighted by molar-refractivity contribution is 7.89. The molecule has 0 saturated carbocycles. The average Bonchev–Trinajstić information content (AvgIpc) is 2.64. The van der Waals surface area contributed by atoms with Crippen molar-refractivity contribution in [3.8, 4) is 0 Å². The molecule has 0 radical (unpaired) electrons. The third kappa shape index (κ3) is 4.63. The Morgan fingerprint density at radius 1 is 1.04 bits per heavy atom. The summed E-state index contributed by atoms with van der Waals surface area (Å²) in [5.41, 5.74) is 1.28. The molecule has 0 saturated heterocycles. The molecule has 0 atom stereocenters. The lowest BCUT2D eigenvalue weighted by molar-refractivity contribution is 0.0785. The molecule has 2 aromatic rings. The quantitative estimate of drug-likeness (QED) is 0.720. The van der Waals surface area contributed by atoms with Crippen molar-refractivity contribution in [2.45, 2.75) is 25.3 Å². The third-order valence-corrected chi connectivity index (χ3v) is 6.40. The summed E-state index contributed by atoms with van der Waals surface area (Å²) < 4.78 is 26.7. The van der Waals surface area contributed by atoms with E-state index < -0.39 is 10.0 Å². The minimum Gasteiger partial charge on any atom is -0.337 e. The number of rotatable bonds is 7. The van der Waals surface area contributed by atoms with Crippen molar-refractivity contribution in [2.24, 2.45) is 0 Å². The fourth-order valence-electron chi connectivity index (χ4n) is 2.66. The molecule has 0 aromatic heterocycles. The second-order valence-corrected chi connectivity index (χ2v) is 8.28. The topological polar surface area (TPSA) is 57.7 Å². The van der Waals surface area contributed by atoms with E-state index >= 15 is 0 Å². The Balaban J connectivity index is 2.23. The van der Waals surface area contributed by atoms with E-state index in [-0.39, 0.29) is 10.8 Å². The molecule has 7 heteroatoms. The summed E-state index contributed by atoms with van der Waals surface area (Å²) in [7, 11) is -1.92. The van der Waals surface area contributed by atoms with E-state index in [1.54, 1.807) is 50.1 Å². The summed E-state index contributed by atoms with van der Waals surface area (Å²) in [6, 6.07) is 13.4. The van der Waals surface area contributed by atoms with Crippen molar-refractivity contribution in [1.82, 2.24) is 9.21 Å². The van der Waals surface area contributed by atoms with E-state index in [9.17, 15) is 13.2 Å². The fourth-order valence-corrected chi connectivity index (χ4v) is 4.29. The van der Waals surface area contributed by atoms with Gasteiger partial charge in [-0.15, -0.1) is 0 Å². The van der Waals surface area contributed by atoms with E-state index in [2.05, 4.69) is 0 Å². The molecule has 0 unspecified atom stereocenters. The predicted molar refractivity (Wildman–Crippen MR) is 104 cm³/mol. The molecule has 0 aliphatic rings. The Labute approximate surface area is 160 Å². The second-order valence-electron chi connectivity index (χ2n) is 5.90. The van der Waals surface area contributed by atoms with Crippen molar-refractivity contribution in [1.29, 1.82) is 0 Å². The van der Waals surface area contributed by atoms with Gasteiger partial charge in [0.2, 0.25) is 10.0 Å². The van der Waals surface area contributed by atoms with Crippen LogP contribution in [0.3, 0.4) is 0 Å². The predicted octanol–water partition coefficient (Wildman–Crippen LogP) is 3.64. The van der Waals surface area contributed by atoms with Crippen molar-refractivity contribution in [2.75, 3.05) is 20.1 Å². The normalized spacial score (nSPS) is 11.6. The Bertz CT molecular complexity index is 863. The van der Waals surface area contributed by atoms with E-state index in [0.29, 0.717) is 30.2 Å². The van der Waals surface area contributed by atoms with E-state index in [0.717, 1.165) is 5.56 Å². The van der Waals surface area contributed by atoms with Gasteiger partial charge in [0.25, 0.3) is 5.91 Å². The van der Waals surface area contributed by atoms with Gasteiger partial charge >= 0.3 is 0 Å². The van der Waals surface area contributed by atoms with Crippen LogP contribution in [0.4, 0.5) is 0 Å². The number of benzene rings is 2. The van der Waals surface area contributed by atoms with Crippen LogP contribution in [0.5, 0.6) is 0 Å². The lowest BCUT2D eigenvalue weighted by Crippen LogP contribution is -2.31. The number of hydrogen-bond donors (Lipinski definition) is 0. The Morgan fingerprint density at radius 2 is 1.65 bits per heavy atom. The van der Waals surface area contributed by atoms with Gasteiger partial charge in [0.15, 0.2) is 0 Å². The fraction of sp³-hybridized carbons (Fsp3) is 0.316. The summed E-state index contributed by atoms with van der Waals surface area (Å²) >= 11 is 5.87. The average molecular weight is 395 g/mol. The van der Waals surface area contributed by atoms with Gasteiger partial charge in [-0.25, -0.2) is 8.42 Å². The zero-order valence-corrected chi connectivity index (χ0v) is 16.7. The van der Waals surface area contributed by atoms with Gasteiger partial charge in [0, 0.05) is 37.3 Å². The molecular weight excluding hydrogens is 372 g/mol. The van der Waals surface area contributed by atoms with Crippen LogP contribution in [-0.2, 0) is 16.6 Å². The molecule has 26 heavy (non-hydrogen) atoms. The Hall–Kier alpha value is -1.89. The van der Waals surface area contributed by atoms with Crippen molar-refractivity contribution in [3.05, 3.63) is 64.7 Å². The van der Waals surface area contributed by atoms with Gasteiger partial charge in [-0.05, 0) is 35.9 Å². The number of amides is 1. The molecule has 0 bridgehead atoms. The maximum Gasteiger partial charge on any atom is 0.253 e. The number of hydrogen-bond acceptors (Lipinski definition) is 3. The standard InChI is InChI=1S/C19H23ClN2O3S/c1-4-22(5-2)26(24,25)18-8-6-7-16(13-18)19(23)21(3)14-15-9-11-17(20)12-10-15/h6-13H,4-5,14H2,1-3H3. The minimum absolute atomic E-state index is 0.131. The first-order valence-electron chi connectivity index (χ1n) is 8.39. The molecule has 140 valence electrons. The molecule has 0 heterocycles. The molecule has 5 nitrogen and oxygen atoms in total. The smallest absolute Gasteiger partial charge is 0.253 e.